The van der Waals surface area contributed by atoms with E-state index in [0.29, 0.717) is 88.5 Å². The van der Waals surface area contributed by atoms with E-state index in [1.54, 1.807) is 11.0 Å². The van der Waals surface area contributed by atoms with Crippen LogP contribution in [-0.4, -0.2) is 117 Å². The van der Waals surface area contributed by atoms with Crippen LogP contribution in [0, 0.1) is 20.8 Å². The third-order valence-electron chi connectivity index (χ3n) is 12.8. The zero-order chi connectivity index (χ0) is 46.6. The second kappa shape index (κ2) is 20.2. The average molecular weight is 915 g/mol. The number of aromatic amines is 1. The number of carbonyl (C=O) groups excluding carboxylic acids is 4. The van der Waals surface area contributed by atoms with Crippen molar-refractivity contribution in [1.29, 1.82) is 0 Å². The number of H-pyrrole nitrogens is 1. The van der Waals surface area contributed by atoms with Gasteiger partial charge < -0.3 is 44.6 Å². The smallest absolute Gasteiger partial charge is 0.289 e. The fourth-order valence-corrected chi connectivity index (χ4v) is 9.13. The first-order chi connectivity index (χ1) is 32.6. The molecule has 1 atom stereocenters. The number of nitrogens with one attached hydrogen (secondary N) is 4. The van der Waals surface area contributed by atoms with Gasteiger partial charge in [0, 0.05) is 84.5 Å². The van der Waals surface area contributed by atoms with Gasteiger partial charge in [0.05, 0.1) is 62.3 Å². The number of ether oxygens (including phenoxy) is 3. The molecule has 18 heteroatoms. The Hall–Kier alpha value is -6.50. The number of hydrogen-bond acceptors (Lipinski definition) is 14. The maximum atomic E-state index is 13.5. The van der Waals surface area contributed by atoms with Crippen molar-refractivity contribution in [3.63, 3.8) is 0 Å². The normalized spacial score (nSPS) is 16.1. The fourth-order valence-electron chi connectivity index (χ4n) is 9.13. The number of fused-ring (bicyclic) bond motifs is 4. The van der Waals surface area contributed by atoms with E-state index in [1.165, 1.54) is 0 Å². The molecular weight excluding hydrogens is 857 g/mol. The number of unbranched alkanes of at least 4 members (excludes halogenated alkanes) is 1. The third-order valence-corrected chi connectivity index (χ3v) is 12.8. The minimum Gasteiger partial charge on any atom is -0.385 e. The summed E-state index contributed by atoms with van der Waals surface area (Å²) in [7, 11) is 0. The summed E-state index contributed by atoms with van der Waals surface area (Å²) in [6.07, 6.45) is 4.63. The van der Waals surface area contributed by atoms with E-state index in [4.69, 9.17) is 33.8 Å². The van der Waals surface area contributed by atoms with Crippen LogP contribution < -0.4 is 16.0 Å². The zero-order valence-corrected chi connectivity index (χ0v) is 38.6. The van der Waals surface area contributed by atoms with Crippen molar-refractivity contribution in [2.45, 2.75) is 97.7 Å². The highest BCUT2D eigenvalue weighted by Crippen LogP contribution is 2.42. The van der Waals surface area contributed by atoms with Gasteiger partial charge in [-0.15, -0.1) is 0 Å². The third kappa shape index (κ3) is 9.97. The highest BCUT2D eigenvalue weighted by Gasteiger charge is 2.39. The topological polar surface area (TPSA) is 221 Å². The van der Waals surface area contributed by atoms with E-state index in [9.17, 15) is 19.2 Å². The predicted octanol–water partition coefficient (Wildman–Crippen LogP) is 6.85. The Labute approximate surface area is 387 Å². The van der Waals surface area contributed by atoms with Gasteiger partial charge in [0.25, 0.3) is 11.8 Å². The van der Waals surface area contributed by atoms with Crippen molar-refractivity contribution >= 4 is 62.6 Å². The van der Waals surface area contributed by atoms with Gasteiger partial charge in [-0.05, 0) is 95.2 Å². The molecule has 0 saturated heterocycles. The summed E-state index contributed by atoms with van der Waals surface area (Å²) in [6, 6.07) is 11.3. The number of anilines is 3. The number of aryl methyl sites for hydroxylation is 4. The summed E-state index contributed by atoms with van der Waals surface area (Å²) in [5.74, 6) is 1.76. The van der Waals surface area contributed by atoms with Gasteiger partial charge in [-0.1, -0.05) is 11.2 Å². The Kier molecular flexibility index (Phi) is 13.7. The molecule has 4 N–H and O–H groups in total. The number of Topliss-reactive ketones (excluding diaryl/α,β-unsaturated/α-hetero) is 2. The van der Waals surface area contributed by atoms with Gasteiger partial charge in [-0.3, -0.25) is 19.2 Å². The molecule has 2 aliphatic carbocycles. The van der Waals surface area contributed by atoms with E-state index in [-0.39, 0.29) is 42.9 Å². The maximum Gasteiger partial charge on any atom is 0.289 e. The van der Waals surface area contributed by atoms with E-state index >= 15 is 0 Å². The Bertz CT molecular complexity index is 2810. The molecule has 0 radical (unpaired) electrons. The number of aromatic nitrogens is 6. The van der Waals surface area contributed by atoms with Crippen molar-refractivity contribution in [3.8, 4) is 11.1 Å². The van der Waals surface area contributed by atoms with Gasteiger partial charge in [0.1, 0.15) is 28.8 Å². The summed E-state index contributed by atoms with van der Waals surface area (Å²) >= 11 is 0. The van der Waals surface area contributed by atoms with Gasteiger partial charge in [0.15, 0.2) is 5.78 Å². The van der Waals surface area contributed by atoms with Crippen molar-refractivity contribution in [2.75, 3.05) is 63.4 Å². The van der Waals surface area contributed by atoms with Crippen LogP contribution in [0.25, 0.3) is 33.1 Å². The first kappa shape index (κ1) is 45.6. The monoisotopic (exact) mass is 914 g/mol. The number of rotatable bonds is 22. The van der Waals surface area contributed by atoms with Gasteiger partial charge >= 0.3 is 0 Å². The molecule has 5 heterocycles. The Morgan fingerprint density at radius 2 is 1.70 bits per heavy atom. The molecule has 18 nitrogen and oxygen atoms in total. The standard InChI is InChI=1S/C49H58N10O8/c1-5-59-42(26-38(56-59)31-11-12-31)53-46-44-35-23-28(2)34(43-29(3)57-67-30(43)4)25-39(35)52-45(44)54-47(55-46)48(62)51-16-18-65-20-22-66-21-19-64-17-7-6-15-50-37-10-8-9-33-36(37)27-58(49(33)63)40-14-13-32(60)24-41(40)61/h8-10,23,25-26,31,40,50H,5-7,11-22,24,27H2,1-4H3,(H,51,62)(H2,52,53,54,55). The van der Waals surface area contributed by atoms with Gasteiger partial charge in [0.2, 0.25) is 5.82 Å². The Morgan fingerprint density at radius 1 is 0.910 bits per heavy atom. The summed E-state index contributed by atoms with van der Waals surface area (Å²) in [5.41, 5.74) is 8.65. The highest BCUT2D eigenvalue weighted by molar-refractivity contribution is 6.14. The molecule has 352 valence electrons. The van der Waals surface area contributed by atoms with Crippen molar-refractivity contribution in [3.05, 3.63) is 76.1 Å². The van der Waals surface area contributed by atoms with Crippen LogP contribution in [0.5, 0.6) is 0 Å². The van der Waals surface area contributed by atoms with Crippen LogP contribution in [0.2, 0.25) is 0 Å². The average Bonchev–Trinajstić information content (AvgIpc) is 3.70. The minimum absolute atomic E-state index is 0.0211. The van der Waals surface area contributed by atoms with Crippen LogP contribution in [0.3, 0.4) is 0 Å². The first-order valence-electron chi connectivity index (χ1n) is 23.4. The summed E-state index contributed by atoms with van der Waals surface area (Å²) in [6.45, 7) is 12.5. The number of nitrogens with zero attached hydrogens (tertiary/aromatic N) is 6. The number of amides is 2. The lowest BCUT2D eigenvalue weighted by molar-refractivity contribution is -0.133. The Morgan fingerprint density at radius 3 is 2.45 bits per heavy atom. The van der Waals surface area contributed by atoms with E-state index in [0.717, 1.165) is 92.9 Å². The number of hydrogen-bond donors (Lipinski definition) is 4. The lowest BCUT2D eigenvalue weighted by atomic mass is 9.92. The van der Waals surface area contributed by atoms with Crippen LogP contribution in [0.15, 0.2) is 40.9 Å². The second-order valence-corrected chi connectivity index (χ2v) is 17.6. The number of benzene rings is 2. The van der Waals surface area contributed by atoms with E-state index in [1.807, 2.05) is 30.7 Å². The zero-order valence-electron chi connectivity index (χ0n) is 38.6. The molecule has 2 aromatic carbocycles. The highest BCUT2D eigenvalue weighted by atomic mass is 16.5. The molecule has 3 aliphatic rings. The molecule has 0 spiro atoms. The van der Waals surface area contributed by atoms with E-state index < -0.39 is 11.9 Å². The molecule has 1 unspecified atom stereocenters. The van der Waals surface area contributed by atoms with Crippen LogP contribution in [0.4, 0.5) is 17.3 Å². The lowest BCUT2D eigenvalue weighted by Crippen LogP contribution is -2.44. The quantitative estimate of drug-likeness (QED) is 0.0405. The summed E-state index contributed by atoms with van der Waals surface area (Å²) < 4.78 is 24.6. The van der Waals surface area contributed by atoms with Crippen LogP contribution in [0.1, 0.15) is 107 Å². The summed E-state index contributed by atoms with van der Waals surface area (Å²) in [5, 5.41) is 20.6. The molecular formula is C49H58N10O8. The minimum atomic E-state index is -0.529. The van der Waals surface area contributed by atoms with Crippen molar-refractivity contribution < 1.29 is 37.9 Å². The molecule has 4 aromatic heterocycles. The SMILES string of the molecule is CCn1nc(C2CC2)cc1Nc1nc(C(=O)NCCOCCOCCOCCCCNc2cccc3c2CN(C2CCC(=O)CC2=O)C3=O)nc2[nH]c3cc(-c4c(C)noc4C)c(C)cc3c12. The summed E-state index contributed by atoms with van der Waals surface area (Å²) in [4.78, 5) is 65.5. The van der Waals surface area contributed by atoms with Crippen LogP contribution >= 0.6 is 0 Å². The lowest BCUT2D eigenvalue weighted by Gasteiger charge is -2.29. The van der Waals surface area contributed by atoms with Crippen molar-refractivity contribution in [2.24, 2.45) is 0 Å². The molecule has 9 rings (SSSR count). The maximum absolute atomic E-state index is 13.5. The van der Waals surface area contributed by atoms with Gasteiger partial charge in [-0.25, -0.2) is 14.6 Å². The fraction of sp³-hybridized carbons (Fsp3) is 0.469. The molecule has 2 fully saturated rings. The largest absolute Gasteiger partial charge is 0.385 e. The molecule has 67 heavy (non-hydrogen) atoms. The van der Waals surface area contributed by atoms with Crippen LogP contribution in [-0.2, 0) is 36.9 Å². The molecule has 2 amide bonds. The Balaban J connectivity index is 0.704. The molecule has 0 bridgehead atoms. The number of carbonyl (C=O) groups is 4. The van der Waals surface area contributed by atoms with Crippen molar-refractivity contribution in [1.82, 2.24) is 40.1 Å². The second-order valence-electron chi connectivity index (χ2n) is 17.6. The first-order valence-corrected chi connectivity index (χ1v) is 23.4. The van der Waals surface area contributed by atoms with Gasteiger partial charge in [-0.2, -0.15) is 5.10 Å². The van der Waals surface area contributed by atoms with E-state index in [2.05, 4.69) is 58.1 Å². The molecule has 2 saturated carbocycles. The predicted molar refractivity (Wildman–Crippen MR) is 251 cm³/mol. The molecule has 6 aromatic rings. The number of ketones is 2. The molecule has 1 aliphatic heterocycles.